The standard InChI is InChI=1S/C16H20N2O4S/c1-21-13-5-3-2-4-12(13)16-18(15(20)11-23-16)10-14(19)17-6-8-22-9-7-17/h2-5,16H,6-11H2,1H3/t16-/m1/s1. The Morgan fingerprint density at radius 1 is 1.35 bits per heavy atom. The smallest absolute Gasteiger partial charge is 0.242 e. The van der Waals surface area contributed by atoms with E-state index in [0.717, 1.165) is 11.3 Å². The SMILES string of the molecule is COc1ccccc1[C@H]1SCC(=O)N1CC(=O)N1CCOCC1. The number of para-hydroxylation sites is 1. The Balaban J connectivity index is 1.76. The van der Waals surface area contributed by atoms with Gasteiger partial charge in [0.2, 0.25) is 11.8 Å². The van der Waals surface area contributed by atoms with E-state index >= 15 is 0 Å². The number of carbonyl (C=O) groups is 2. The third-order valence-corrected chi connectivity index (χ3v) is 5.28. The maximum Gasteiger partial charge on any atom is 0.242 e. The zero-order valence-electron chi connectivity index (χ0n) is 13.1. The molecule has 0 spiro atoms. The summed E-state index contributed by atoms with van der Waals surface area (Å²) in [7, 11) is 1.61. The lowest BCUT2D eigenvalue weighted by Crippen LogP contribution is -2.46. The van der Waals surface area contributed by atoms with E-state index in [1.54, 1.807) is 16.9 Å². The Morgan fingerprint density at radius 2 is 2.09 bits per heavy atom. The fourth-order valence-corrected chi connectivity index (χ4v) is 4.02. The first kappa shape index (κ1) is 16.1. The van der Waals surface area contributed by atoms with Crippen LogP contribution in [0.1, 0.15) is 10.9 Å². The highest BCUT2D eigenvalue weighted by Gasteiger charge is 2.36. The van der Waals surface area contributed by atoms with Gasteiger partial charge >= 0.3 is 0 Å². The summed E-state index contributed by atoms with van der Waals surface area (Å²) in [6, 6.07) is 7.64. The average molecular weight is 336 g/mol. The summed E-state index contributed by atoms with van der Waals surface area (Å²) in [5.41, 5.74) is 0.931. The summed E-state index contributed by atoms with van der Waals surface area (Å²) in [6.07, 6.45) is 0. The van der Waals surface area contributed by atoms with Crippen LogP contribution in [0.4, 0.5) is 0 Å². The maximum atomic E-state index is 12.5. The van der Waals surface area contributed by atoms with Crippen molar-refractivity contribution >= 4 is 23.6 Å². The van der Waals surface area contributed by atoms with Gasteiger partial charge in [-0.1, -0.05) is 18.2 Å². The van der Waals surface area contributed by atoms with Crippen molar-refractivity contribution in [1.82, 2.24) is 9.80 Å². The molecule has 2 aliphatic heterocycles. The first-order chi connectivity index (χ1) is 11.2. The number of thioether (sulfide) groups is 1. The van der Waals surface area contributed by atoms with Gasteiger partial charge in [0, 0.05) is 18.7 Å². The quantitative estimate of drug-likeness (QED) is 0.825. The van der Waals surface area contributed by atoms with E-state index in [1.807, 2.05) is 24.3 Å². The fraction of sp³-hybridized carbons (Fsp3) is 0.500. The molecule has 6 nitrogen and oxygen atoms in total. The summed E-state index contributed by atoms with van der Waals surface area (Å²) in [6.45, 7) is 2.41. The van der Waals surface area contributed by atoms with Gasteiger partial charge in [0.1, 0.15) is 17.7 Å². The largest absolute Gasteiger partial charge is 0.496 e. The van der Waals surface area contributed by atoms with E-state index in [2.05, 4.69) is 0 Å². The van der Waals surface area contributed by atoms with Gasteiger partial charge in [0.15, 0.2) is 0 Å². The van der Waals surface area contributed by atoms with Gasteiger partial charge in [-0.25, -0.2) is 0 Å². The second-order valence-electron chi connectivity index (χ2n) is 5.42. The second kappa shape index (κ2) is 7.23. The molecule has 7 heteroatoms. The van der Waals surface area contributed by atoms with Gasteiger partial charge < -0.3 is 19.3 Å². The van der Waals surface area contributed by atoms with Gasteiger partial charge in [-0.05, 0) is 6.07 Å². The first-order valence-electron chi connectivity index (χ1n) is 7.60. The molecule has 2 fully saturated rings. The number of morpholine rings is 1. The maximum absolute atomic E-state index is 12.5. The van der Waals surface area contributed by atoms with Gasteiger partial charge in [0.05, 0.1) is 26.1 Å². The molecule has 0 aliphatic carbocycles. The number of benzene rings is 1. The van der Waals surface area contributed by atoms with E-state index in [4.69, 9.17) is 9.47 Å². The van der Waals surface area contributed by atoms with Crippen molar-refractivity contribution in [2.75, 3.05) is 45.7 Å². The zero-order chi connectivity index (χ0) is 16.2. The zero-order valence-corrected chi connectivity index (χ0v) is 13.9. The second-order valence-corrected chi connectivity index (χ2v) is 6.49. The van der Waals surface area contributed by atoms with Crippen LogP contribution in [-0.2, 0) is 14.3 Å². The van der Waals surface area contributed by atoms with Crippen molar-refractivity contribution in [3.8, 4) is 5.75 Å². The Morgan fingerprint density at radius 3 is 2.83 bits per heavy atom. The van der Waals surface area contributed by atoms with Crippen molar-refractivity contribution in [2.24, 2.45) is 0 Å². The number of carbonyl (C=O) groups excluding carboxylic acids is 2. The lowest BCUT2D eigenvalue weighted by atomic mass is 10.2. The Hall–Kier alpha value is -1.73. The Bertz CT molecular complexity index is 589. The number of ether oxygens (including phenoxy) is 2. The van der Waals surface area contributed by atoms with Crippen LogP contribution in [0, 0.1) is 0 Å². The molecule has 124 valence electrons. The average Bonchev–Trinajstić information content (AvgIpc) is 2.96. The number of nitrogens with zero attached hydrogens (tertiary/aromatic N) is 2. The molecule has 2 aliphatic rings. The monoisotopic (exact) mass is 336 g/mol. The number of hydrogen-bond donors (Lipinski definition) is 0. The minimum atomic E-state index is -0.177. The molecule has 0 radical (unpaired) electrons. The highest BCUT2D eigenvalue weighted by atomic mass is 32.2. The molecular formula is C16H20N2O4S. The molecule has 3 rings (SSSR count). The van der Waals surface area contributed by atoms with Crippen LogP contribution in [0.3, 0.4) is 0 Å². The summed E-state index contributed by atoms with van der Waals surface area (Å²) >= 11 is 1.53. The van der Waals surface area contributed by atoms with Gasteiger partial charge in [0.25, 0.3) is 0 Å². The van der Waals surface area contributed by atoms with E-state index in [9.17, 15) is 9.59 Å². The van der Waals surface area contributed by atoms with Crippen molar-refractivity contribution in [3.05, 3.63) is 29.8 Å². The summed E-state index contributed by atoms with van der Waals surface area (Å²) in [5, 5.41) is -0.177. The highest BCUT2D eigenvalue weighted by Crippen LogP contribution is 2.42. The Labute approximate surface area is 139 Å². The highest BCUT2D eigenvalue weighted by molar-refractivity contribution is 8.00. The van der Waals surface area contributed by atoms with Crippen molar-refractivity contribution in [3.63, 3.8) is 0 Å². The van der Waals surface area contributed by atoms with Crippen molar-refractivity contribution < 1.29 is 19.1 Å². The molecule has 2 saturated heterocycles. The lowest BCUT2D eigenvalue weighted by molar-refractivity contribution is -0.141. The number of hydrogen-bond acceptors (Lipinski definition) is 5. The van der Waals surface area contributed by atoms with Crippen LogP contribution < -0.4 is 4.74 Å². The minimum Gasteiger partial charge on any atom is -0.496 e. The molecule has 0 bridgehead atoms. The van der Waals surface area contributed by atoms with Crippen LogP contribution in [0.25, 0.3) is 0 Å². The molecule has 1 aromatic carbocycles. The molecule has 0 saturated carbocycles. The first-order valence-corrected chi connectivity index (χ1v) is 8.65. The number of amides is 2. The summed E-state index contributed by atoms with van der Waals surface area (Å²) in [4.78, 5) is 28.1. The minimum absolute atomic E-state index is 0.00693. The molecule has 1 aromatic rings. The van der Waals surface area contributed by atoms with E-state index in [-0.39, 0.29) is 23.7 Å². The van der Waals surface area contributed by atoms with Crippen molar-refractivity contribution in [2.45, 2.75) is 5.37 Å². The predicted molar refractivity (Wildman–Crippen MR) is 87.3 cm³/mol. The van der Waals surface area contributed by atoms with Crippen LogP contribution in [0.2, 0.25) is 0 Å². The van der Waals surface area contributed by atoms with Crippen molar-refractivity contribution in [1.29, 1.82) is 0 Å². The lowest BCUT2D eigenvalue weighted by Gasteiger charge is -2.30. The molecule has 0 N–H and O–H groups in total. The molecule has 0 unspecified atom stereocenters. The summed E-state index contributed by atoms with van der Waals surface area (Å²) in [5.74, 6) is 1.10. The molecule has 23 heavy (non-hydrogen) atoms. The van der Waals surface area contributed by atoms with Gasteiger partial charge in [-0.3, -0.25) is 9.59 Å². The molecular weight excluding hydrogens is 316 g/mol. The van der Waals surface area contributed by atoms with E-state index in [0.29, 0.717) is 32.1 Å². The topological polar surface area (TPSA) is 59.1 Å². The summed E-state index contributed by atoms with van der Waals surface area (Å²) < 4.78 is 10.7. The van der Waals surface area contributed by atoms with E-state index < -0.39 is 0 Å². The number of rotatable bonds is 4. The third-order valence-electron chi connectivity index (χ3n) is 4.04. The molecule has 2 amide bonds. The van der Waals surface area contributed by atoms with Crippen LogP contribution in [0.15, 0.2) is 24.3 Å². The molecule has 0 aromatic heterocycles. The molecule has 1 atom stereocenters. The Kier molecular flexibility index (Phi) is 5.07. The normalized spacial score (nSPS) is 21.6. The molecule has 2 heterocycles. The number of methoxy groups -OCH3 is 1. The van der Waals surface area contributed by atoms with Gasteiger partial charge in [-0.15, -0.1) is 11.8 Å². The van der Waals surface area contributed by atoms with E-state index in [1.165, 1.54) is 11.8 Å². The third kappa shape index (κ3) is 3.45. The van der Waals surface area contributed by atoms with Crippen LogP contribution in [-0.4, -0.2) is 67.3 Å². The van der Waals surface area contributed by atoms with Crippen LogP contribution >= 0.6 is 11.8 Å². The predicted octanol–water partition coefficient (Wildman–Crippen LogP) is 1.13. The van der Waals surface area contributed by atoms with Crippen LogP contribution in [0.5, 0.6) is 5.75 Å². The fourth-order valence-electron chi connectivity index (χ4n) is 2.81. The van der Waals surface area contributed by atoms with Gasteiger partial charge in [-0.2, -0.15) is 0 Å².